The van der Waals surface area contributed by atoms with Gasteiger partial charge in [-0.2, -0.15) is 0 Å². The Morgan fingerprint density at radius 3 is 2.47 bits per heavy atom. The Morgan fingerprint density at radius 1 is 0.947 bits per heavy atom. The molecule has 1 saturated carbocycles. The number of aryl methyl sites for hydroxylation is 1. The van der Waals surface area contributed by atoms with Crippen LogP contribution in [0.3, 0.4) is 0 Å². The zero-order valence-electron chi connectivity index (χ0n) is 20.9. The van der Waals surface area contributed by atoms with Crippen LogP contribution in [0.1, 0.15) is 46.7 Å². The molecule has 1 saturated heterocycles. The summed E-state index contributed by atoms with van der Waals surface area (Å²) in [6.07, 6.45) is 2.14. The van der Waals surface area contributed by atoms with Crippen molar-refractivity contribution in [3.05, 3.63) is 94.0 Å². The molecule has 0 unspecified atom stereocenters. The van der Waals surface area contributed by atoms with Crippen molar-refractivity contribution in [2.75, 3.05) is 16.8 Å². The van der Waals surface area contributed by atoms with Crippen molar-refractivity contribution in [2.45, 2.75) is 32.1 Å². The summed E-state index contributed by atoms with van der Waals surface area (Å²) >= 11 is 3.41. The van der Waals surface area contributed by atoms with Crippen molar-refractivity contribution in [3.63, 3.8) is 0 Å². The fourth-order valence-corrected chi connectivity index (χ4v) is 5.61. The van der Waals surface area contributed by atoms with Gasteiger partial charge in [-0.3, -0.25) is 19.3 Å². The Labute approximate surface area is 229 Å². The third kappa shape index (κ3) is 5.27. The van der Waals surface area contributed by atoms with Crippen molar-refractivity contribution < 1.29 is 23.9 Å². The minimum absolute atomic E-state index is 0.160. The fraction of sp³-hybridized carbons (Fsp3) is 0.267. The fourth-order valence-electron chi connectivity index (χ4n) is 5.37. The van der Waals surface area contributed by atoms with Crippen LogP contribution in [0.4, 0.5) is 11.4 Å². The summed E-state index contributed by atoms with van der Waals surface area (Å²) in [6.45, 7) is 1.43. The van der Waals surface area contributed by atoms with Gasteiger partial charge in [-0.1, -0.05) is 52.3 Å². The molecule has 3 aromatic carbocycles. The third-order valence-electron chi connectivity index (χ3n) is 7.31. The van der Waals surface area contributed by atoms with Gasteiger partial charge in [0.05, 0.1) is 23.1 Å². The van der Waals surface area contributed by atoms with E-state index in [0.717, 1.165) is 16.5 Å². The normalized spacial score (nSPS) is 20.7. The van der Waals surface area contributed by atoms with Gasteiger partial charge in [-0.25, -0.2) is 4.79 Å². The molecule has 1 aliphatic heterocycles. The molecule has 5 rings (SSSR count). The van der Waals surface area contributed by atoms with Crippen LogP contribution in [0.2, 0.25) is 0 Å². The highest BCUT2D eigenvalue weighted by molar-refractivity contribution is 9.10. The number of anilines is 2. The highest BCUT2D eigenvalue weighted by Gasteiger charge is 2.50. The highest BCUT2D eigenvalue weighted by Crippen LogP contribution is 2.45. The van der Waals surface area contributed by atoms with Crippen LogP contribution in [0.5, 0.6) is 0 Å². The smallest absolute Gasteiger partial charge is 0.338 e. The summed E-state index contributed by atoms with van der Waals surface area (Å²) in [6, 6.07) is 21.7. The van der Waals surface area contributed by atoms with Gasteiger partial charge in [0.15, 0.2) is 6.61 Å². The summed E-state index contributed by atoms with van der Waals surface area (Å²) in [5.41, 5.74) is 3.24. The SMILES string of the molecule is Cc1cc(NC(=O)COC(=O)c2cccc(N3C(=O)[C@H]4C[C@@H](c5ccccc5)CC[C@H]4C3=O)c2)ccc1Br. The number of carbonyl (C=O) groups is 4. The summed E-state index contributed by atoms with van der Waals surface area (Å²) in [4.78, 5) is 52.8. The topological polar surface area (TPSA) is 92.8 Å². The molecule has 38 heavy (non-hydrogen) atoms. The van der Waals surface area contributed by atoms with Crippen LogP contribution >= 0.6 is 15.9 Å². The molecule has 7 nitrogen and oxygen atoms in total. The molecule has 3 aromatic rings. The summed E-state index contributed by atoms with van der Waals surface area (Å²) < 4.78 is 6.12. The van der Waals surface area contributed by atoms with E-state index in [2.05, 4.69) is 33.4 Å². The molecule has 2 fully saturated rings. The van der Waals surface area contributed by atoms with Crippen LogP contribution < -0.4 is 10.2 Å². The van der Waals surface area contributed by atoms with E-state index in [1.165, 1.54) is 22.6 Å². The minimum Gasteiger partial charge on any atom is -0.452 e. The summed E-state index contributed by atoms with van der Waals surface area (Å²) in [7, 11) is 0. The molecule has 0 bridgehead atoms. The first-order valence-corrected chi connectivity index (χ1v) is 13.4. The predicted molar refractivity (Wildman–Crippen MR) is 147 cm³/mol. The van der Waals surface area contributed by atoms with Crippen molar-refractivity contribution in [1.29, 1.82) is 0 Å². The average Bonchev–Trinajstić information content (AvgIpc) is 3.19. The summed E-state index contributed by atoms with van der Waals surface area (Å²) in [5.74, 6) is -2.11. The average molecular weight is 575 g/mol. The van der Waals surface area contributed by atoms with Gasteiger partial charge in [-0.05, 0) is 79.6 Å². The maximum Gasteiger partial charge on any atom is 0.338 e. The molecule has 0 radical (unpaired) electrons. The van der Waals surface area contributed by atoms with Crippen LogP contribution in [-0.2, 0) is 19.1 Å². The number of nitrogens with one attached hydrogen (secondary N) is 1. The molecule has 3 atom stereocenters. The highest BCUT2D eigenvalue weighted by atomic mass is 79.9. The van der Waals surface area contributed by atoms with E-state index in [0.29, 0.717) is 24.2 Å². The largest absolute Gasteiger partial charge is 0.452 e. The van der Waals surface area contributed by atoms with E-state index in [-0.39, 0.29) is 35.1 Å². The van der Waals surface area contributed by atoms with Gasteiger partial charge in [0, 0.05) is 10.2 Å². The number of imide groups is 1. The Morgan fingerprint density at radius 2 is 1.71 bits per heavy atom. The summed E-state index contributed by atoms with van der Waals surface area (Å²) in [5, 5.41) is 2.69. The molecule has 1 heterocycles. The lowest BCUT2D eigenvalue weighted by atomic mass is 9.73. The number of hydrogen-bond acceptors (Lipinski definition) is 5. The molecule has 3 amide bonds. The van der Waals surface area contributed by atoms with E-state index >= 15 is 0 Å². The maximum atomic E-state index is 13.4. The molecule has 194 valence electrons. The minimum atomic E-state index is -0.713. The molecule has 8 heteroatoms. The number of fused-ring (bicyclic) bond motifs is 1. The zero-order chi connectivity index (χ0) is 26.8. The first-order valence-electron chi connectivity index (χ1n) is 12.6. The van der Waals surface area contributed by atoms with Gasteiger partial charge in [0.1, 0.15) is 0 Å². The maximum absolute atomic E-state index is 13.4. The monoisotopic (exact) mass is 574 g/mol. The molecule has 1 aliphatic carbocycles. The lowest BCUT2D eigenvalue weighted by Crippen LogP contribution is -2.31. The first kappa shape index (κ1) is 25.9. The van der Waals surface area contributed by atoms with Crippen LogP contribution in [0.15, 0.2) is 77.3 Å². The molecule has 0 aromatic heterocycles. The number of carbonyl (C=O) groups excluding carboxylic acids is 4. The second kappa shape index (κ2) is 10.9. The number of halogens is 1. The van der Waals surface area contributed by atoms with Crippen molar-refractivity contribution in [3.8, 4) is 0 Å². The van der Waals surface area contributed by atoms with Gasteiger partial charge in [-0.15, -0.1) is 0 Å². The van der Waals surface area contributed by atoms with Crippen LogP contribution in [0, 0.1) is 18.8 Å². The molecule has 1 N–H and O–H groups in total. The standard InChI is InChI=1S/C30H27BrN2O5/c1-18-14-22(11-13-26(18)31)32-27(34)17-38-30(37)21-8-5-9-23(15-21)33-28(35)24-12-10-20(16-25(24)29(33)36)19-6-3-2-4-7-19/h2-9,11,13-15,20,24-25H,10,12,16-17H2,1H3,(H,32,34)/t20-,24+,25-/m0/s1. The number of amides is 3. The van der Waals surface area contributed by atoms with E-state index in [1.807, 2.05) is 31.2 Å². The van der Waals surface area contributed by atoms with Crippen molar-refractivity contribution in [2.24, 2.45) is 11.8 Å². The van der Waals surface area contributed by atoms with E-state index in [4.69, 9.17) is 4.74 Å². The second-order valence-corrected chi connectivity index (χ2v) is 10.6. The van der Waals surface area contributed by atoms with Gasteiger partial charge < -0.3 is 10.1 Å². The molecular formula is C30H27BrN2O5. The van der Waals surface area contributed by atoms with Crippen molar-refractivity contribution >= 4 is 51.0 Å². The number of rotatable bonds is 6. The lowest BCUT2D eigenvalue weighted by molar-refractivity contribution is -0.122. The number of nitrogens with zero attached hydrogens (tertiary/aromatic N) is 1. The Kier molecular flexibility index (Phi) is 7.42. The molecule has 2 aliphatic rings. The Bertz CT molecular complexity index is 1410. The van der Waals surface area contributed by atoms with Gasteiger partial charge >= 0.3 is 5.97 Å². The Hall–Kier alpha value is -3.78. The quantitative estimate of drug-likeness (QED) is 0.304. The van der Waals surface area contributed by atoms with E-state index in [1.54, 1.807) is 24.3 Å². The Balaban J connectivity index is 1.24. The van der Waals surface area contributed by atoms with Gasteiger partial charge in [0.2, 0.25) is 11.8 Å². The second-order valence-electron chi connectivity index (χ2n) is 9.78. The number of hydrogen-bond donors (Lipinski definition) is 1. The predicted octanol–water partition coefficient (Wildman–Crippen LogP) is 5.63. The number of benzene rings is 3. The van der Waals surface area contributed by atoms with E-state index < -0.39 is 18.5 Å². The zero-order valence-corrected chi connectivity index (χ0v) is 22.4. The van der Waals surface area contributed by atoms with Crippen molar-refractivity contribution in [1.82, 2.24) is 0 Å². The third-order valence-corrected chi connectivity index (χ3v) is 8.20. The van der Waals surface area contributed by atoms with E-state index in [9.17, 15) is 19.2 Å². The lowest BCUT2D eigenvalue weighted by Gasteiger charge is -2.28. The van der Waals surface area contributed by atoms with Gasteiger partial charge in [0.25, 0.3) is 5.91 Å². The number of esters is 1. The van der Waals surface area contributed by atoms with Crippen LogP contribution in [0.25, 0.3) is 0 Å². The van der Waals surface area contributed by atoms with Crippen LogP contribution in [-0.4, -0.2) is 30.3 Å². The first-order chi connectivity index (χ1) is 18.3. The molecular weight excluding hydrogens is 548 g/mol. The number of ether oxygens (including phenoxy) is 1. The molecule has 0 spiro atoms.